The Morgan fingerprint density at radius 3 is 2.53 bits per heavy atom. The quantitative estimate of drug-likeness (QED) is 0.808. The molecule has 98 valence electrons. The van der Waals surface area contributed by atoms with E-state index in [4.69, 9.17) is 10.5 Å². The minimum Gasteiger partial charge on any atom is -0.444 e. The predicted molar refractivity (Wildman–Crippen MR) is 67.8 cm³/mol. The zero-order valence-electron chi connectivity index (χ0n) is 10.7. The number of hydrogen-bond donors (Lipinski definition) is 1. The van der Waals surface area contributed by atoms with Gasteiger partial charge in [-0.2, -0.15) is 0 Å². The molecule has 1 heterocycles. The Kier molecular flexibility index (Phi) is 4.43. The molecule has 1 rings (SSSR count). The lowest BCUT2D eigenvalue weighted by molar-refractivity contribution is -0.123. The molecular weight excluding hydrogens is 240 g/mol. The van der Waals surface area contributed by atoms with Gasteiger partial charge in [-0.15, -0.1) is 11.8 Å². The highest BCUT2D eigenvalue weighted by Gasteiger charge is 2.37. The molecule has 1 saturated heterocycles. The van der Waals surface area contributed by atoms with Gasteiger partial charge in [-0.3, -0.25) is 9.69 Å². The molecule has 0 aliphatic carbocycles. The lowest BCUT2D eigenvalue weighted by Crippen LogP contribution is -2.48. The summed E-state index contributed by atoms with van der Waals surface area (Å²) in [7, 11) is 0. The molecule has 2 atom stereocenters. The van der Waals surface area contributed by atoms with Crippen LogP contribution in [0, 0.1) is 0 Å². The summed E-state index contributed by atoms with van der Waals surface area (Å²) < 4.78 is 5.26. The minimum atomic E-state index is -0.552. The molecular formula is C11H20N2O3S. The van der Waals surface area contributed by atoms with Gasteiger partial charge in [0.05, 0.1) is 11.9 Å². The summed E-state index contributed by atoms with van der Waals surface area (Å²) in [5.41, 5.74) is 5.02. The Hall–Kier alpha value is -0.750. The molecule has 0 spiro atoms. The van der Waals surface area contributed by atoms with E-state index in [0.29, 0.717) is 11.6 Å². The highest BCUT2D eigenvalue weighted by atomic mass is 32.2. The SMILES string of the molecule is CC(N)C(=O)[C@@H]1CSCN1C(=O)OC(C)(C)C. The molecule has 1 aliphatic rings. The molecule has 0 radical (unpaired) electrons. The van der Waals surface area contributed by atoms with Crippen molar-refractivity contribution in [3.63, 3.8) is 0 Å². The van der Waals surface area contributed by atoms with Crippen molar-refractivity contribution < 1.29 is 14.3 Å². The van der Waals surface area contributed by atoms with Crippen LogP contribution in [0.2, 0.25) is 0 Å². The van der Waals surface area contributed by atoms with Crippen LogP contribution < -0.4 is 5.73 Å². The Balaban J connectivity index is 2.70. The lowest BCUT2D eigenvalue weighted by Gasteiger charge is -2.27. The number of nitrogens with two attached hydrogens (primary N) is 1. The van der Waals surface area contributed by atoms with E-state index in [9.17, 15) is 9.59 Å². The largest absolute Gasteiger partial charge is 0.444 e. The number of ether oxygens (including phenoxy) is 1. The van der Waals surface area contributed by atoms with Gasteiger partial charge in [0.1, 0.15) is 11.6 Å². The smallest absolute Gasteiger partial charge is 0.411 e. The first kappa shape index (κ1) is 14.3. The van der Waals surface area contributed by atoms with Crippen molar-refractivity contribution in [1.29, 1.82) is 0 Å². The number of carbonyl (C=O) groups excluding carboxylic acids is 2. The van der Waals surface area contributed by atoms with Crippen LogP contribution in [-0.4, -0.2) is 46.1 Å². The van der Waals surface area contributed by atoms with Gasteiger partial charge in [-0.1, -0.05) is 0 Å². The van der Waals surface area contributed by atoms with Gasteiger partial charge >= 0.3 is 6.09 Å². The molecule has 6 heteroatoms. The number of thioether (sulfide) groups is 1. The molecule has 0 aromatic rings. The average molecular weight is 260 g/mol. The Bertz CT molecular complexity index is 312. The summed E-state index contributed by atoms with van der Waals surface area (Å²) in [6, 6.07) is -1.00. The molecule has 1 unspecified atom stereocenters. The van der Waals surface area contributed by atoms with E-state index in [2.05, 4.69) is 0 Å². The molecule has 1 amide bonds. The number of amides is 1. The van der Waals surface area contributed by atoms with Gasteiger partial charge in [0, 0.05) is 5.75 Å². The third-order valence-corrected chi connectivity index (χ3v) is 3.30. The third kappa shape index (κ3) is 3.89. The van der Waals surface area contributed by atoms with Crippen LogP contribution in [0.15, 0.2) is 0 Å². The highest BCUT2D eigenvalue weighted by molar-refractivity contribution is 7.99. The van der Waals surface area contributed by atoms with Crippen molar-refractivity contribution in [1.82, 2.24) is 4.90 Å². The summed E-state index contributed by atoms with van der Waals surface area (Å²) in [5.74, 6) is 0.971. The van der Waals surface area contributed by atoms with E-state index in [1.54, 1.807) is 27.7 Å². The molecule has 0 bridgehead atoms. The summed E-state index contributed by atoms with van der Waals surface area (Å²) in [5, 5.41) is 0. The monoisotopic (exact) mass is 260 g/mol. The van der Waals surface area contributed by atoms with Crippen molar-refractivity contribution in [3.8, 4) is 0 Å². The number of rotatable bonds is 2. The topological polar surface area (TPSA) is 72.6 Å². The average Bonchev–Trinajstić information content (AvgIpc) is 2.61. The van der Waals surface area contributed by atoms with Crippen LogP contribution in [-0.2, 0) is 9.53 Å². The van der Waals surface area contributed by atoms with Crippen LogP contribution in [0.5, 0.6) is 0 Å². The second kappa shape index (κ2) is 5.27. The van der Waals surface area contributed by atoms with Gasteiger partial charge in [0.15, 0.2) is 5.78 Å². The van der Waals surface area contributed by atoms with Crippen molar-refractivity contribution in [2.75, 3.05) is 11.6 Å². The Morgan fingerprint density at radius 2 is 2.06 bits per heavy atom. The van der Waals surface area contributed by atoms with E-state index >= 15 is 0 Å². The van der Waals surface area contributed by atoms with Crippen molar-refractivity contribution in [2.45, 2.75) is 45.4 Å². The van der Waals surface area contributed by atoms with Crippen LogP contribution in [0.3, 0.4) is 0 Å². The van der Waals surface area contributed by atoms with Crippen LogP contribution >= 0.6 is 11.8 Å². The summed E-state index contributed by atoms with van der Waals surface area (Å²) >= 11 is 1.54. The lowest BCUT2D eigenvalue weighted by atomic mass is 10.1. The number of Topliss-reactive ketones (excluding diaryl/α,β-unsaturated/α-hetero) is 1. The van der Waals surface area contributed by atoms with E-state index in [-0.39, 0.29) is 5.78 Å². The van der Waals surface area contributed by atoms with Gasteiger partial charge in [0.2, 0.25) is 0 Å². The fraction of sp³-hybridized carbons (Fsp3) is 0.818. The Morgan fingerprint density at radius 1 is 1.47 bits per heavy atom. The van der Waals surface area contributed by atoms with Gasteiger partial charge in [-0.25, -0.2) is 4.79 Å². The summed E-state index contributed by atoms with van der Waals surface area (Å²) in [6.45, 7) is 7.04. The molecule has 2 N–H and O–H groups in total. The zero-order chi connectivity index (χ0) is 13.2. The molecule has 17 heavy (non-hydrogen) atoms. The molecule has 5 nitrogen and oxygen atoms in total. The predicted octanol–water partition coefficient (Wildman–Crippen LogP) is 1.21. The minimum absolute atomic E-state index is 0.110. The number of ketones is 1. The van der Waals surface area contributed by atoms with Gasteiger partial charge < -0.3 is 10.5 Å². The maximum Gasteiger partial charge on any atom is 0.411 e. The van der Waals surface area contributed by atoms with Crippen molar-refractivity contribution in [2.24, 2.45) is 5.73 Å². The maximum atomic E-state index is 11.9. The normalized spacial score (nSPS) is 22.4. The molecule has 0 saturated carbocycles. The third-order valence-electron chi connectivity index (χ3n) is 2.29. The second-order valence-electron chi connectivity index (χ2n) is 5.16. The summed E-state index contributed by atoms with van der Waals surface area (Å²) in [4.78, 5) is 25.2. The molecule has 0 aromatic heterocycles. The van der Waals surface area contributed by atoms with E-state index in [0.717, 1.165) is 0 Å². The van der Waals surface area contributed by atoms with Crippen LogP contribution in [0.4, 0.5) is 4.79 Å². The number of carbonyl (C=O) groups is 2. The standard InChI is InChI=1S/C11H20N2O3S/c1-7(12)9(14)8-5-17-6-13(8)10(15)16-11(2,3)4/h7-8H,5-6,12H2,1-4H3/t7?,8-/m0/s1. The number of nitrogens with zero attached hydrogens (tertiary/aromatic N) is 1. The summed E-state index contributed by atoms with van der Waals surface area (Å²) in [6.07, 6.45) is -0.443. The van der Waals surface area contributed by atoms with Gasteiger partial charge in [-0.05, 0) is 27.7 Å². The second-order valence-corrected chi connectivity index (χ2v) is 6.16. The molecule has 0 aromatic carbocycles. The van der Waals surface area contributed by atoms with Crippen LogP contribution in [0.1, 0.15) is 27.7 Å². The molecule has 1 aliphatic heterocycles. The highest BCUT2D eigenvalue weighted by Crippen LogP contribution is 2.24. The fourth-order valence-electron chi connectivity index (χ4n) is 1.48. The van der Waals surface area contributed by atoms with Gasteiger partial charge in [0.25, 0.3) is 0 Å². The van der Waals surface area contributed by atoms with Crippen molar-refractivity contribution >= 4 is 23.6 Å². The van der Waals surface area contributed by atoms with Crippen LogP contribution in [0.25, 0.3) is 0 Å². The van der Waals surface area contributed by atoms with Crippen molar-refractivity contribution in [3.05, 3.63) is 0 Å². The Labute approximate surface area is 106 Å². The first-order valence-electron chi connectivity index (χ1n) is 5.59. The number of hydrogen-bond acceptors (Lipinski definition) is 5. The van der Waals surface area contributed by atoms with E-state index < -0.39 is 23.8 Å². The molecule has 1 fully saturated rings. The fourth-order valence-corrected chi connectivity index (χ4v) is 2.64. The first-order valence-corrected chi connectivity index (χ1v) is 6.74. The zero-order valence-corrected chi connectivity index (χ0v) is 11.5. The van der Waals surface area contributed by atoms with E-state index in [1.807, 2.05) is 0 Å². The van der Waals surface area contributed by atoms with E-state index in [1.165, 1.54) is 16.7 Å². The first-order chi connectivity index (χ1) is 7.72. The maximum absolute atomic E-state index is 11.9.